The zero-order chi connectivity index (χ0) is 15.5. The summed E-state index contributed by atoms with van der Waals surface area (Å²) in [7, 11) is -2.84. The molecule has 0 spiro atoms. The van der Waals surface area contributed by atoms with Crippen molar-refractivity contribution in [1.82, 2.24) is 5.32 Å². The van der Waals surface area contributed by atoms with Gasteiger partial charge in [-0.3, -0.25) is 0 Å². The van der Waals surface area contributed by atoms with Gasteiger partial charge in [0.25, 0.3) is 0 Å². The molecule has 21 heavy (non-hydrogen) atoms. The fourth-order valence-electron chi connectivity index (χ4n) is 2.88. The van der Waals surface area contributed by atoms with Crippen LogP contribution < -0.4 is 5.32 Å². The van der Waals surface area contributed by atoms with Crippen molar-refractivity contribution in [3.05, 3.63) is 35.4 Å². The minimum absolute atomic E-state index is 0.00742. The van der Waals surface area contributed by atoms with E-state index in [2.05, 4.69) is 50.4 Å². The van der Waals surface area contributed by atoms with E-state index in [1.165, 1.54) is 11.1 Å². The molecule has 0 saturated carbocycles. The Balaban J connectivity index is 1.96. The molecule has 0 bridgehead atoms. The Morgan fingerprint density at radius 1 is 1.24 bits per heavy atom. The summed E-state index contributed by atoms with van der Waals surface area (Å²) in [5, 5.41) is 3.47. The summed E-state index contributed by atoms with van der Waals surface area (Å²) in [6.07, 6.45) is 2.80. The third kappa shape index (κ3) is 4.55. The van der Waals surface area contributed by atoms with Crippen molar-refractivity contribution in [3.8, 4) is 0 Å². The number of benzene rings is 1. The standard InChI is InChI=1S/C17H27NO2S/c1-4-14-7-9-15(10-8-14)17(2,3)13-18-16-6-5-11-21(19,20)12-16/h7-10,16,18H,4-6,11-13H2,1-3H3/t16-/m0/s1. The van der Waals surface area contributed by atoms with Crippen LogP contribution in [0, 0.1) is 0 Å². The van der Waals surface area contributed by atoms with E-state index in [4.69, 9.17) is 0 Å². The van der Waals surface area contributed by atoms with Gasteiger partial charge < -0.3 is 5.32 Å². The largest absolute Gasteiger partial charge is 0.312 e. The maximum absolute atomic E-state index is 11.7. The lowest BCUT2D eigenvalue weighted by atomic mass is 9.84. The normalized spacial score (nSPS) is 22.1. The summed E-state index contributed by atoms with van der Waals surface area (Å²) in [4.78, 5) is 0. The van der Waals surface area contributed by atoms with Gasteiger partial charge in [0.15, 0.2) is 9.84 Å². The summed E-state index contributed by atoms with van der Waals surface area (Å²) >= 11 is 0. The van der Waals surface area contributed by atoms with E-state index < -0.39 is 9.84 Å². The monoisotopic (exact) mass is 309 g/mol. The first-order valence-electron chi connectivity index (χ1n) is 7.85. The zero-order valence-corrected chi connectivity index (χ0v) is 14.2. The molecule has 1 heterocycles. The molecular formula is C17H27NO2S. The summed E-state index contributed by atoms with van der Waals surface area (Å²) in [6, 6.07) is 8.86. The molecule has 1 N–H and O–H groups in total. The van der Waals surface area contributed by atoms with Crippen molar-refractivity contribution in [2.75, 3.05) is 18.1 Å². The predicted octanol–water partition coefficient (Wildman–Crippen LogP) is 2.69. The maximum Gasteiger partial charge on any atom is 0.151 e. The smallest absolute Gasteiger partial charge is 0.151 e. The molecule has 0 radical (unpaired) electrons. The summed E-state index contributed by atoms with van der Waals surface area (Å²) < 4.78 is 23.4. The van der Waals surface area contributed by atoms with Crippen LogP contribution in [-0.4, -0.2) is 32.5 Å². The number of rotatable bonds is 5. The topological polar surface area (TPSA) is 46.2 Å². The molecule has 1 fully saturated rings. The van der Waals surface area contributed by atoms with Crippen molar-refractivity contribution in [2.45, 2.75) is 51.5 Å². The second-order valence-corrected chi connectivity index (χ2v) is 9.00. The predicted molar refractivity (Wildman–Crippen MR) is 88.5 cm³/mol. The Hall–Kier alpha value is -0.870. The van der Waals surface area contributed by atoms with Gasteiger partial charge in [0.05, 0.1) is 11.5 Å². The van der Waals surface area contributed by atoms with E-state index in [9.17, 15) is 8.42 Å². The number of aryl methyl sites for hydroxylation is 1. The average molecular weight is 309 g/mol. The number of sulfone groups is 1. The van der Waals surface area contributed by atoms with Crippen LogP contribution in [-0.2, 0) is 21.7 Å². The van der Waals surface area contributed by atoms with E-state index in [0.717, 1.165) is 25.8 Å². The number of hydrogen-bond acceptors (Lipinski definition) is 3. The Bertz CT molecular complexity index is 561. The van der Waals surface area contributed by atoms with Crippen LogP contribution in [0.3, 0.4) is 0 Å². The molecule has 2 rings (SSSR count). The Morgan fingerprint density at radius 3 is 2.48 bits per heavy atom. The van der Waals surface area contributed by atoms with E-state index in [1.54, 1.807) is 0 Å². The van der Waals surface area contributed by atoms with Crippen LogP contribution >= 0.6 is 0 Å². The third-order valence-electron chi connectivity index (χ3n) is 4.44. The second-order valence-electron chi connectivity index (χ2n) is 6.77. The highest BCUT2D eigenvalue weighted by molar-refractivity contribution is 7.91. The lowest BCUT2D eigenvalue weighted by Crippen LogP contribution is -2.45. The lowest BCUT2D eigenvalue weighted by Gasteiger charge is -2.30. The highest BCUT2D eigenvalue weighted by atomic mass is 32.2. The molecule has 0 unspecified atom stereocenters. The summed E-state index contributed by atoms with van der Waals surface area (Å²) in [5.41, 5.74) is 2.65. The van der Waals surface area contributed by atoms with Gasteiger partial charge in [0.1, 0.15) is 0 Å². The minimum Gasteiger partial charge on any atom is -0.312 e. The van der Waals surface area contributed by atoms with Gasteiger partial charge in [-0.05, 0) is 30.4 Å². The van der Waals surface area contributed by atoms with Crippen molar-refractivity contribution >= 4 is 9.84 Å². The number of hydrogen-bond donors (Lipinski definition) is 1. The fourth-order valence-corrected chi connectivity index (χ4v) is 4.55. The molecule has 1 atom stereocenters. The van der Waals surface area contributed by atoms with Crippen LogP contribution in [0.4, 0.5) is 0 Å². The highest BCUT2D eigenvalue weighted by Crippen LogP contribution is 2.23. The van der Waals surface area contributed by atoms with E-state index in [1.807, 2.05) is 0 Å². The van der Waals surface area contributed by atoms with Crippen molar-refractivity contribution in [1.29, 1.82) is 0 Å². The molecule has 0 aromatic heterocycles. The average Bonchev–Trinajstić information content (AvgIpc) is 2.44. The molecule has 1 saturated heterocycles. The van der Waals surface area contributed by atoms with Gasteiger partial charge >= 0.3 is 0 Å². The van der Waals surface area contributed by atoms with E-state index in [0.29, 0.717) is 5.75 Å². The second kappa shape index (κ2) is 6.49. The summed E-state index contributed by atoms with van der Waals surface area (Å²) in [6.45, 7) is 7.38. The zero-order valence-electron chi connectivity index (χ0n) is 13.4. The van der Waals surface area contributed by atoms with Crippen LogP contribution in [0.1, 0.15) is 44.7 Å². The maximum atomic E-state index is 11.7. The molecule has 0 amide bonds. The minimum atomic E-state index is -2.84. The molecule has 1 aromatic carbocycles. The Labute approximate surface area is 129 Å². The van der Waals surface area contributed by atoms with Crippen LogP contribution in [0.15, 0.2) is 24.3 Å². The number of nitrogens with one attached hydrogen (secondary N) is 1. The molecular weight excluding hydrogens is 282 g/mol. The molecule has 3 nitrogen and oxygen atoms in total. The third-order valence-corrected chi connectivity index (χ3v) is 6.26. The Morgan fingerprint density at radius 2 is 1.90 bits per heavy atom. The van der Waals surface area contributed by atoms with Gasteiger partial charge in [-0.2, -0.15) is 0 Å². The Kier molecular flexibility index (Phi) is 5.10. The first-order valence-corrected chi connectivity index (χ1v) is 9.68. The van der Waals surface area contributed by atoms with Gasteiger partial charge in [0.2, 0.25) is 0 Å². The summed E-state index contributed by atoms with van der Waals surface area (Å²) in [5.74, 6) is 0.644. The van der Waals surface area contributed by atoms with Gasteiger partial charge in [-0.25, -0.2) is 8.42 Å². The molecule has 4 heteroatoms. The van der Waals surface area contributed by atoms with E-state index >= 15 is 0 Å². The van der Waals surface area contributed by atoms with Crippen molar-refractivity contribution in [2.24, 2.45) is 0 Å². The van der Waals surface area contributed by atoms with Crippen LogP contribution in [0.25, 0.3) is 0 Å². The van der Waals surface area contributed by atoms with Gasteiger partial charge in [-0.1, -0.05) is 45.0 Å². The molecule has 1 aliphatic rings. The van der Waals surface area contributed by atoms with Crippen molar-refractivity contribution in [3.63, 3.8) is 0 Å². The molecule has 0 aliphatic carbocycles. The molecule has 118 valence electrons. The SMILES string of the molecule is CCc1ccc(C(C)(C)CN[C@H]2CCCS(=O)(=O)C2)cc1. The molecule has 1 aromatic rings. The quantitative estimate of drug-likeness (QED) is 0.909. The molecule has 1 aliphatic heterocycles. The first kappa shape index (κ1) is 16.5. The van der Waals surface area contributed by atoms with Gasteiger partial charge in [-0.15, -0.1) is 0 Å². The van der Waals surface area contributed by atoms with Crippen LogP contribution in [0.5, 0.6) is 0 Å². The first-order chi connectivity index (χ1) is 9.82. The highest BCUT2D eigenvalue weighted by Gasteiger charge is 2.27. The van der Waals surface area contributed by atoms with Gasteiger partial charge in [0, 0.05) is 18.0 Å². The lowest BCUT2D eigenvalue weighted by molar-refractivity contribution is 0.408. The van der Waals surface area contributed by atoms with E-state index in [-0.39, 0.29) is 17.2 Å². The fraction of sp³-hybridized carbons (Fsp3) is 0.647. The van der Waals surface area contributed by atoms with Crippen molar-refractivity contribution < 1.29 is 8.42 Å². The van der Waals surface area contributed by atoms with Crippen LogP contribution in [0.2, 0.25) is 0 Å².